The van der Waals surface area contributed by atoms with Gasteiger partial charge in [-0.15, -0.1) is 0 Å². The lowest BCUT2D eigenvalue weighted by Gasteiger charge is -2.05. The van der Waals surface area contributed by atoms with Gasteiger partial charge < -0.3 is 0 Å². The van der Waals surface area contributed by atoms with E-state index in [9.17, 15) is 0 Å². The Morgan fingerprint density at radius 1 is 0.722 bits per heavy atom. The van der Waals surface area contributed by atoms with Crippen LogP contribution in [0, 0.1) is 0 Å². The summed E-state index contributed by atoms with van der Waals surface area (Å²) in [6, 6.07) is 19.3. The third kappa shape index (κ3) is 1.70. The SMILES string of the molecule is CC(C)=C1C=C(c2ccccc2)c2ccccc21. The molecule has 0 fully saturated rings. The Kier molecular flexibility index (Phi) is 2.64. The van der Waals surface area contributed by atoms with E-state index in [4.69, 9.17) is 0 Å². The minimum atomic E-state index is 1.29. The monoisotopic (exact) mass is 232 g/mol. The summed E-state index contributed by atoms with van der Waals surface area (Å²) in [6.45, 7) is 4.35. The van der Waals surface area contributed by atoms with Crippen molar-refractivity contribution in [3.63, 3.8) is 0 Å². The van der Waals surface area contributed by atoms with Gasteiger partial charge in [0.1, 0.15) is 0 Å². The van der Waals surface area contributed by atoms with Gasteiger partial charge in [0.05, 0.1) is 0 Å². The zero-order valence-corrected chi connectivity index (χ0v) is 10.8. The first kappa shape index (κ1) is 11.0. The molecule has 0 radical (unpaired) electrons. The van der Waals surface area contributed by atoms with Crippen molar-refractivity contribution >= 4 is 11.1 Å². The molecule has 0 N–H and O–H groups in total. The zero-order valence-electron chi connectivity index (χ0n) is 10.8. The molecule has 2 aromatic carbocycles. The van der Waals surface area contributed by atoms with Crippen LogP contribution in [0.25, 0.3) is 11.1 Å². The van der Waals surface area contributed by atoms with Crippen molar-refractivity contribution in [2.45, 2.75) is 13.8 Å². The van der Waals surface area contributed by atoms with Crippen molar-refractivity contribution in [2.75, 3.05) is 0 Å². The van der Waals surface area contributed by atoms with E-state index >= 15 is 0 Å². The van der Waals surface area contributed by atoms with Gasteiger partial charge in [-0.1, -0.05) is 60.2 Å². The highest BCUT2D eigenvalue weighted by Crippen LogP contribution is 2.39. The van der Waals surface area contributed by atoms with Crippen LogP contribution in [-0.2, 0) is 0 Å². The van der Waals surface area contributed by atoms with Crippen LogP contribution in [0.5, 0.6) is 0 Å². The summed E-state index contributed by atoms with van der Waals surface area (Å²) in [5, 5.41) is 0. The Morgan fingerprint density at radius 3 is 2.00 bits per heavy atom. The highest BCUT2D eigenvalue weighted by molar-refractivity contribution is 6.01. The van der Waals surface area contributed by atoms with E-state index in [-0.39, 0.29) is 0 Å². The van der Waals surface area contributed by atoms with Crippen molar-refractivity contribution in [2.24, 2.45) is 0 Å². The van der Waals surface area contributed by atoms with Gasteiger partial charge in [0.2, 0.25) is 0 Å². The van der Waals surface area contributed by atoms with Crippen LogP contribution in [-0.4, -0.2) is 0 Å². The molecule has 1 aliphatic carbocycles. The molecule has 0 spiro atoms. The fourth-order valence-corrected chi connectivity index (χ4v) is 2.52. The average Bonchev–Trinajstić information content (AvgIpc) is 2.79. The van der Waals surface area contributed by atoms with E-state index in [2.05, 4.69) is 74.5 Å². The van der Waals surface area contributed by atoms with Gasteiger partial charge in [0.15, 0.2) is 0 Å². The predicted molar refractivity (Wildman–Crippen MR) is 78.2 cm³/mol. The summed E-state index contributed by atoms with van der Waals surface area (Å²) in [6.07, 6.45) is 2.31. The molecule has 0 unspecified atom stereocenters. The first-order chi connectivity index (χ1) is 8.77. The number of hydrogen-bond donors (Lipinski definition) is 0. The Hall–Kier alpha value is -2.08. The molecule has 2 aromatic rings. The molecule has 0 nitrogen and oxygen atoms in total. The number of rotatable bonds is 1. The summed E-state index contributed by atoms with van der Waals surface area (Å²) in [7, 11) is 0. The maximum absolute atomic E-state index is 2.31. The van der Waals surface area contributed by atoms with E-state index in [1.165, 1.54) is 33.4 Å². The summed E-state index contributed by atoms with van der Waals surface area (Å²) in [4.78, 5) is 0. The van der Waals surface area contributed by atoms with Gasteiger partial charge >= 0.3 is 0 Å². The highest BCUT2D eigenvalue weighted by atomic mass is 14.2. The second-order valence-electron chi connectivity index (χ2n) is 4.88. The van der Waals surface area contributed by atoms with Gasteiger partial charge in [-0.05, 0) is 47.8 Å². The maximum Gasteiger partial charge on any atom is -0.00990 e. The Morgan fingerprint density at radius 2 is 1.33 bits per heavy atom. The zero-order chi connectivity index (χ0) is 12.5. The molecule has 0 heterocycles. The first-order valence-corrected chi connectivity index (χ1v) is 6.32. The molecule has 0 aromatic heterocycles. The lowest BCUT2D eigenvalue weighted by Crippen LogP contribution is -1.86. The maximum atomic E-state index is 2.31. The molecule has 0 saturated carbocycles. The molecular weight excluding hydrogens is 216 g/mol. The second kappa shape index (κ2) is 4.30. The first-order valence-electron chi connectivity index (χ1n) is 6.32. The second-order valence-corrected chi connectivity index (χ2v) is 4.88. The summed E-state index contributed by atoms with van der Waals surface area (Å²) >= 11 is 0. The van der Waals surface area contributed by atoms with Crippen LogP contribution in [0.2, 0.25) is 0 Å². The van der Waals surface area contributed by atoms with Crippen LogP contribution in [0.3, 0.4) is 0 Å². The van der Waals surface area contributed by atoms with Gasteiger partial charge in [0.25, 0.3) is 0 Å². The molecule has 0 amide bonds. The molecule has 0 saturated heterocycles. The van der Waals surface area contributed by atoms with Crippen molar-refractivity contribution < 1.29 is 0 Å². The highest BCUT2D eigenvalue weighted by Gasteiger charge is 2.19. The van der Waals surface area contributed by atoms with E-state index < -0.39 is 0 Å². The fraction of sp³-hybridized carbons (Fsp3) is 0.111. The number of allylic oxidation sites excluding steroid dienone is 3. The van der Waals surface area contributed by atoms with Gasteiger partial charge in [-0.25, -0.2) is 0 Å². The Balaban J connectivity index is 2.24. The molecule has 0 atom stereocenters. The summed E-state index contributed by atoms with van der Waals surface area (Å²) < 4.78 is 0. The minimum Gasteiger partial charge on any atom is -0.0685 e. The standard InChI is InChI=1S/C18H16/c1-13(2)17-12-18(14-8-4-3-5-9-14)16-11-7-6-10-15(16)17/h3-12H,1-2H3. The van der Waals surface area contributed by atoms with E-state index in [0.29, 0.717) is 0 Å². The smallest absolute Gasteiger partial charge is 0.00990 e. The van der Waals surface area contributed by atoms with E-state index in [1.807, 2.05) is 0 Å². The van der Waals surface area contributed by atoms with E-state index in [1.54, 1.807) is 0 Å². The molecule has 0 aliphatic heterocycles. The van der Waals surface area contributed by atoms with Crippen molar-refractivity contribution in [3.05, 3.63) is 82.9 Å². The lowest BCUT2D eigenvalue weighted by molar-refractivity contribution is 1.40. The molecular formula is C18H16. The van der Waals surface area contributed by atoms with Crippen LogP contribution >= 0.6 is 0 Å². The van der Waals surface area contributed by atoms with Crippen molar-refractivity contribution in [1.82, 2.24) is 0 Å². The molecule has 18 heavy (non-hydrogen) atoms. The molecule has 0 heteroatoms. The van der Waals surface area contributed by atoms with Gasteiger partial charge in [-0.3, -0.25) is 0 Å². The largest absolute Gasteiger partial charge is 0.0685 e. The third-order valence-electron chi connectivity index (χ3n) is 3.42. The Bertz CT molecular complexity index is 639. The topological polar surface area (TPSA) is 0 Å². The number of hydrogen-bond acceptors (Lipinski definition) is 0. The van der Waals surface area contributed by atoms with Crippen LogP contribution in [0.15, 0.2) is 66.2 Å². The fourth-order valence-electron chi connectivity index (χ4n) is 2.52. The molecule has 3 rings (SSSR count). The third-order valence-corrected chi connectivity index (χ3v) is 3.42. The molecule has 88 valence electrons. The number of fused-ring (bicyclic) bond motifs is 1. The normalized spacial score (nSPS) is 13.2. The Labute approximate surface area is 108 Å². The summed E-state index contributed by atoms with van der Waals surface area (Å²) in [5.41, 5.74) is 8.07. The number of benzene rings is 2. The van der Waals surface area contributed by atoms with E-state index in [0.717, 1.165) is 0 Å². The van der Waals surface area contributed by atoms with Gasteiger partial charge in [-0.2, -0.15) is 0 Å². The molecule has 0 bridgehead atoms. The average molecular weight is 232 g/mol. The van der Waals surface area contributed by atoms with Crippen LogP contribution < -0.4 is 0 Å². The van der Waals surface area contributed by atoms with Gasteiger partial charge in [0, 0.05) is 0 Å². The van der Waals surface area contributed by atoms with Crippen LogP contribution in [0.4, 0.5) is 0 Å². The predicted octanol–water partition coefficient (Wildman–Crippen LogP) is 4.93. The molecule has 1 aliphatic rings. The quantitative estimate of drug-likeness (QED) is 0.654. The van der Waals surface area contributed by atoms with Crippen LogP contribution in [0.1, 0.15) is 30.5 Å². The summed E-state index contributed by atoms with van der Waals surface area (Å²) in [5.74, 6) is 0. The lowest BCUT2D eigenvalue weighted by atomic mass is 9.98. The van der Waals surface area contributed by atoms with Crippen molar-refractivity contribution in [3.8, 4) is 0 Å². The minimum absolute atomic E-state index is 1.29. The van der Waals surface area contributed by atoms with Crippen molar-refractivity contribution in [1.29, 1.82) is 0 Å².